The van der Waals surface area contributed by atoms with Crippen LogP contribution in [0.5, 0.6) is 0 Å². The van der Waals surface area contributed by atoms with Gasteiger partial charge in [0.25, 0.3) is 0 Å². The van der Waals surface area contributed by atoms with E-state index in [0.717, 1.165) is 29.7 Å². The van der Waals surface area contributed by atoms with E-state index in [2.05, 4.69) is 12.2 Å². The first-order valence-electron chi connectivity index (χ1n) is 7.29. The van der Waals surface area contributed by atoms with Crippen molar-refractivity contribution in [3.8, 4) is 0 Å². The standard InChI is InChI=1S/C16H24ClNO/c1-13-4-2-7-16(10-13)18-8-9-19-12-14-5-3-6-15(17)11-14/h3,5-6,11,13,16,18H,2,4,7-10,12H2,1H3. The molecule has 0 heterocycles. The van der Waals surface area contributed by atoms with Crippen molar-refractivity contribution in [1.82, 2.24) is 5.32 Å². The fourth-order valence-corrected chi connectivity index (χ4v) is 2.98. The molecule has 0 bridgehead atoms. The molecule has 0 amide bonds. The van der Waals surface area contributed by atoms with Gasteiger partial charge in [0.15, 0.2) is 0 Å². The summed E-state index contributed by atoms with van der Waals surface area (Å²) in [5.74, 6) is 0.874. The van der Waals surface area contributed by atoms with Crippen LogP contribution in [0.15, 0.2) is 24.3 Å². The van der Waals surface area contributed by atoms with Crippen molar-refractivity contribution in [2.45, 2.75) is 45.3 Å². The molecule has 0 aromatic heterocycles. The molecule has 3 heteroatoms. The van der Waals surface area contributed by atoms with Gasteiger partial charge in [-0.25, -0.2) is 0 Å². The van der Waals surface area contributed by atoms with Crippen LogP contribution in [0.3, 0.4) is 0 Å². The third-order valence-electron chi connectivity index (χ3n) is 3.77. The van der Waals surface area contributed by atoms with Gasteiger partial charge in [0.05, 0.1) is 13.2 Å². The lowest BCUT2D eigenvalue weighted by molar-refractivity contribution is 0.118. The molecule has 1 N–H and O–H groups in total. The van der Waals surface area contributed by atoms with Gasteiger partial charge in [-0.3, -0.25) is 0 Å². The smallest absolute Gasteiger partial charge is 0.0718 e. The van der Waals surface area contributed by atoms with Crippen molar-refractivity contribution >= 4 is 11.6 Å². The number of hydrogen-bond acceptors (Lipinski definition) is 2. The molecule has 1 aromatic rings. The van der Waals surface area contributed by atoms with Gasteiger partial charge < -0.3 is 10.1 Å². The Hall–Kier alpha value is -0.570. The minimum absolute atomic E-state index is 0.642. The van der Waals surface area contributed by atoms with Crippen molar-refractivity contribution < 1.29 is 4.74 Å². The van der Waals surface area contributed by atoms with E-state index >= 15 is 0 Å². The van der Waals surface area contributed by atoms with Gasteiger partial charge in [-0.05, 0) is 36.5 Å². The molecule has 0 saturated heterocycles. The molecule has 2 rings (SSSR count). The number of ether oxygens (including phenoxy) is 1. The summed E-state index contributed by atoms with van der Waals surface area (Å²) in [6.45, 7) is 4.70. The van der Waals surface area contributed by atoms with E-state index in [-0.39, 0.29) is 0 Å². The van der Waals surface area contributed by atoms with Gasteiger partial charge in [0.2, 0.25) is 0 Å². The van der Waals surface area contributed by atoms with Crippen LogP contribution in [0.1, 0.15) is 38.2 Å². The highest BCUT2D eigenvalue weighted by Gasteiger charge is 2.17. The molecule has 19 heavy (non-hydrogen) atoms. The molecule has 2 unspecified atom stereocenters. The second-order valence-electron chi connectivity index (χ2n) is 5.61. The molecule has 106 valence electrons. The lowest BCUT2D eigenvalue weighted by Crippen LogP contribution is -2.35. The molecular weight excluding hydrogens is 258 g/mol. The predicted molar refractivity (Wildman–Crippen MR) is 80.5 cm³/mol. The predicted octanol–water partition coefficient (Wildman–Crippen LogP) is 4.02. The summed E-state index contributed by atoms with van der Waals surface area (Å²) in [5.41, 5.74) is 1.14. The van der Waals surface area contributed by atoms with Gasteiger partial charge >= 0.3 is 0 Å². The van der Waals surface area contributed by atoms with Crippen LogP contribution >= 0.6 is 11.6 Å². The normalized spacial score (nSPS) is 23.5. The van der Waals surface area contributed by atoms with Crippen LogP contribution in [0.25, 0.3) is 0 Å². The first-order chi connectivity index (χ1) is 9.24. The number of benzene rings is 1. The molecule has 1 aromatic carbocycles. The summed E-state index contributed by atoms with van der Waals surface area (Å²) in [6, 6.07) is 8.54. The third-order valence-corrected chi connectivity index (χ3v) is 4.01. The van der Waals surface area contributed by atoms with E-state index in [1.54, 1.807) is 0 Å². The van der Waals surface area contributed by atoms with E-state index in [1.807, 2.05) is 24.3 Å². The topological polar surface area (TPSA) is 21.3 Å². The number of nitrogens with one attached hydrogen (secondary N) is 1. The minimum atomic E-state index is 0.642. The highest BCUT2D eigenvalue weighted by Crippen LogP contribution is 2.23. The van der Waals surface area contributed by atoms with Crippen LogP contribution in [0.2, 0.25) is 5.02 Å². The van der Waals surface area contributed by atoms with Gasteiger partial charge in [-0.15, -0.1) is 0 Å². The SMILES string of the molecule is CC1CCCC(NCCOCc2cccc(Cl)c2)C1. The fourth-order valence-electron chi connectivity index (χ4n) is 2.77. The highest BCUT2D eigenvalue weighted by molar-refractivity contribution is 6.30. The Morgan fingerprint density at radius 2 is 2.26 bits per heavy atom. The maximum absolute atomic E-state index is 5.93. The van der Waals surface area contributed by atoms with Crippen molar-refractivity contribution in [3.05, 3.63) is 34.9 Å². The first kappa shape index (κ1) is 14.8. The zero-order valence-corrected chi connectivity index (χ0v) is 12.5. The van der Waals surface area contributed by atoms with Crippen LogP contribution in [0.4, 0.5) is 0 Å². The lowest BCUT2D eigenvalue weighted by atomic mass is 9.87. The summed E-state index contributed by atoms with van der Waals surface area (Å²) < 4.78 is 5.67. The summed E-state index contributed by atoms with van der Waals surface area (Å²) in [6.07, 6.45) is 5.39. The van der Waals surface area contributed by atoms with Crippen molar-refractivity contribution in [1.29, 1.82) is 0 Å². The zero-order valence-electron chi connectivity index (χ0n) is 11.7. The van der Waals surface area contributed by atoms with Crippen LogP contribution in [-0.2, 0) is 11.3 Å². The molecule has 1 aliphatic rings. The Labute approximate surface area is 121 Å². The molecule has 1 saturated carbocycles. The van der Waals surface area contributed by atoms with Gasteiger partial charge in [0.1, 0.15) is 0 Å². The Bertz CT molecular complexity index is 383. The van der Waals surface area contributed by atoms with E-state index in [4.69, 9.17) is 16.3 Å². The molecule has 0 spiro atoms. The van der Waals surface area contributed by atoms with Crippen molar-refractivity contribution in [2.24, 2.45) is 5.92 Å². The average molecular weight is 282 g/mol. The minimum Gasteiger partial charge on any atom is -0.375 e. The number of halogens is 1. The van der Waals surface area contributed by atoms with Gasteiger partial charge in [-0.1, -0.05) is 43.5 Å². The maximum atomic E-state index is 5.93. The van der Waals surface area contributed by atoms with E-state index < -0.39 is 0 Å². The molecule has 0 radical (unpaired) electrons. The van der Waals surface area contributed by atoms with Crippen LogP contribution in [0, 0.1) is 5.92 Å². The molecule has 1 fully saturated rings. The molecular formula is C16H24ClNO. The fraction of sp³-hybridized carbons (Fsp3) is 0.625. The second kappa shape index (κ2) is 7.88. The quantitative estimate of drug-likeness (QED) is 0.795. The van der Waals surface area contributed by atoms with Crippen molar-refractivity contribution in [3.63, 3.8) is 0 Å². The maximum Gasteiger partial charge on any atom is 0.0718 e. The highest BCUT2D eigenvalue weighted by atomic mass is 35.5. The van der Waals surface area contributed by atoms with Gasteiger partial charge in [0, 0.05) is 17.6 Å². The van der Waals surface area contributed by atoms with E-state index in [0.29, 0.717) is 12.6 Å². The number of rotatable bonds is 6. The Balaban J connectivity index is 1.57. The molecule has 1 aliphatic carbocycles. The second-order valence-corrected chi connectivity index (χ2v) is 6.04. The molecule has 2 nitrogen and oxygen atoms in total. The van der Waals surface area contributed by atoms with E-state index in [9.17, 15) is 0 Å². The Morgan fingerprint density at radius 3 is 3.05 bits per heavy atom. The largest absolute Gasteiger partial charge is 0.375 e. The molecule has 0 aliphatic heterocycles. The Kier molecular flexibility index (Phi) is 6.15. The first-order valence-corrected chi connectivity index (χ1v) is 7.67. The van der Waals surface area contributed by atoms with Crippen LogP contribution < -0.4 is 5.32 Å². The summed E-state index contributed by atoms with van der Waals surface area (Å²) >= 11 is 5.93. The van der Waals surface area contributed by atoms with Gasteiger partial charge in [-0.2, -0.15) is 0 Å². The summed E-state index contributed by atoms with van der Waals surface area (Å²) in [7, 11) is 0. The van der Waals surface area contributed by atoms with Crippen LogP contribution in [-0.4, -0.2) is 19.2 Å². The summed E-state index contributed by atoms with van der Waals surface area (Å²) in [5, 5.41) is 4.37. The number of hydrogen-bond donors (Lipinski definition) is 1. The lowest BCUT2D eigenvalue weighted by Gasteiger charge is -2.27. The Morgan fingerprint density at radius 1 is 1.37 bits per heavy atom. The monoisotopic (exact) mass is 281 g/mol. The summed E-state index contributed by atoms with van der Waals surface area (Å²) in [4.78, 5) is 0. The average Bonchev–Trinajstić information content (AvgIpc) is 2.38. The third kappa shape index (κ3) is 5.52. The van der Waals surface area contributed by atoms with Crippen molar-refractivity contribution in [2.75, 3.05) is 13.2 Å². The molecule has 2 atom stereocenters. The zero-order chi connectivity index (χ0) is 13.5. The van der Waals surface area contributed by atoms with E-state index in [1.165, 1.54) is 25.7 Å².